The fourth-order valence-corrected chi connectivity index (χ4v) is 4.82. The number of anilines is 1. The van der Waals surface area contributed by atoms with Gasteiger partial charge in [0.1, 0.15) is 29.5 Å². The molecule has 0 fully saturated rings. The lowest BCUT2D eigenvalue weighted by Gasteiger charge is -2.25. The molecule has 11 heteroatoms. The lowest BCUT2D eigenvalue weighted by Crippen LogP contribution is -2.39. The monoisotopic (exact) mass is 527 g/mol. The van der Waals surface area contributed by atoms with Crippen molar-refractivity contribution in [2.45, 2.75) is 11.8 Å². The van der Waals surface area contributed by atoms with Gasteiger partial charge in [-0.15, -0.1) is 0 Å². The number of hydrogen-bond acceptors (Lipinski definition) is 8. The Morgan fingerprint density at radius 2 is 1.46 bits per heavy atom. The highest BCUT2D eigenvalue weighted by Crippen LogP contribution is 2.35. The Kier molecular flexibility index (Phi) is 8.96. The summed E-state index contributed by atoms with van der Waals surface area (Å²) in [7, 11) is 1.78. The first kappa shape index (κ1) is 27.3. The second-order valence-electron chi connectivity index (χ2n) is 7.76. The van der Waals surface area contributed by atoms with Crippen LogP contribution in [0.3, 0.4) is 0 Å². The summed E-state index contributed by atoms with van der Waals surface area (Å²) in [5.74, 6) is 1.11. The topological polar surface area (TPSA) is 116 Å². The summed E-state index contributed by atoms with van der Waals surface area (Å²) >= 11 is 0. The summed E-state index contributed by atoms with van der Waals surface area (Å²) in [6.07, 6.45) is 1.39. The third kappa shape index (κ3) is 6.50. The molecule has 0 atom stereocenters. The standard InChI is InChI=1S/C26H29N3O7S/c1-18-6-11-22(12-7-18)37(31,32)29(23-13-10-21(34-3)15-25(23)36-5)17-26(30)28-27-16-19-8-9-20(33-2)14-24(19)35-4/h6-16H,17H2,1-5H3,(H,28,30)/b27-16-. The molecular formula is C26H29N3O7S. The number of ether oxygens (including phenoxy) is 4. The van der Waals surface area contributed by atoms with Crippen LogP contribution >= 0.6 is 0 Å². The van der Waals surface area contributed by atoms with Gasteiger partial charge in [-0.25, -0.2) is 13.8 Å². The fourth-order valence-electron chi connectivity index (χ4n) is 3.39. The molecule has 0 radical (unpaired) electrons. The molecule has 0 saturated heterocycles. The van der Waals surface area contributed by atoms with Gasteiger partial charge in [0, 0.05) is 17.7 Å². The van der Waals surface area contributed by atoms with E-state index in [0.717, 1.165) is 9.87 Å². The summed E-state index contributed by atoms with van der Waals surface area (Å²) < 4.78 is 49.4. The number of nitrogens with one attached hydrogen (secondary N) is 1. The Balaban J connectivity index is 1.92. The zero-order valence-electron chi connectivity index (χ0n) is 21.2. The molecule has 0 aliphatic carbocycles. The average molecular weight is 528 g/mol. The molecule has 1 amide bonds. The normalized spacial score (nSPS) is 11.2. The molecular weight excluding hydrogens is 498 g/mol. The highest BCUT2D eigenvalue weighted by Gasteiger charge is 2.29. The molecule has 0 aromatic heterocycles. The summed E-state index contributed by atoms with van der Waals surface area (Å²) in [5, 5.41) is 3.97. The molecule has 3 aromatic rings. The van der Waals surface area contributed by atoms with E-state index >= 15 is 0 Å². The van der Waals surface area contributed by atoms with Crippen molar-refractivity contribution in [3.63, 3.8) is 0 Å². The van der Waals surface area contributed by atoms with E-state index in [0.29, 0.717) is 22.8 Å². The van der Waals surface area contributed by atoms with Gasteiger partial charge in [-0.2, -0.15) is 5.10 Å². The predicted molar refractivity (Wildman–Crippen MR) is 141 cm³/mol. The molecule has 0 saturated carbocycles. The maximum Gasteiger partial charge on any atom is 0.264 e. The van der Waals surface area contributed by atoms with Crippen molar-refractivity contribution >= 4 is 27.8 Å². The summed E-state index contributed by atoms with van der Waals surface area (Å²) in [6, 6.07) is 16.1. The maximum atomic E-state index is 13.6. The van der Waals surface area contributed by atoms with Gasteiger partial charge in [-0.3, -0.25) is 9.10 Å². The Bertz CT molecular complexity index is 1370. The Labute approximate surface area is 216 Å². The third-order valence-corrected chi connectivity index (χ3v) is 7.16. The van der Waals surface area contributed by atoms with E-state index in [-0.39, 0.29) is 16.3 Å². The van der Waals surface area contributed by atoms with Gasteiger partial charge in [0.25, 0.3) is 15.9 Å². The van der Waals surface area contributed by atoms with Crippen molar-refractivity contribution in [2.24, 2.45) is 5.10 Å². The minimum atomic E-state index is -4.15. The van der Waals surface area contributed by atoms with Crippen LogP contribution in [0, 0.1) is 6.92 Å². The van der Waals surface area contributed by atoms with Gasteiger partial charge < -0.3 is 18.9 Å². The molecule has 10 nitrogen and oxygen atoms in total. The van der Waals surface area contributed by atoms with E-state index in [1.807, 2.05) is 6.92 Å². The molecule has 196 valence electrons. The zero-order chi connectivity index (χ0) is 27.0. The number of aryl methyl sites for hydroxylation is 1. The number of sulfonamides is 1. The molecule has 37 heavy (non-hydrogen) atoms. The number of nitrogens with zero attached hydrogens (tertiary/aromatic N) is 2. The number of rotatable bonds is 11. The van der Waals surface area contributed by atoms with Gasteiger partial charge in [0.2, 0.25) is 0 Å². The number of carbonyl (C=O) groups excluding carboxylic acids is 1. The smallest absolute Gasteiger partial charge is 0.264 e. The molecule has 0 aliphatic heterocycles. The minimum absolute atomic E-state index is 0.0234. The molecule has 0 spiro atoms. The number of hydrogen-bond donors (Lipinski definition) is 1. The van der Waals surface area contributed by atoms with Crippen molar-refractivity contribution < 1.29 is 32.2 Å². The number of amides is 1. The van der Waals surface area contributed by atoms with Crippen molar-refractivity contribution in [3.8, 4) is 23.0 Å². The molecule has 3 aromatic carbocycles. The number of carbonyl (C=O) groups is 1. The van der Waals surface area contributed by atoms with E-state index in [2.05, 4.69) is 10.5 Å². The molecule has 0 heterocycles. The first-order valence-electron chi connectivity index (χ1n) is 11.1. The van der Waals surface area contributed by atoms with Crippen LogP contribution in [-0.2, 0) is 14.8 Å². The van der Waals surface area contributed by atoms with E-state index in [9.17, 15) is 13.2 Å². The number of methoxy groups -OCH3 is 4. The minimum Gasteiger partial charge on any atom is -0.497 e. The van der Waals surface area contributed by atoms with Crippen LogP contribution in [0.5, 0.6) is 23.0 Å². The highest BCUT2D eigenvalue weighted by molar-refractivity contribution is 7.92. The fraction of sp³-hybridized carbons (Fsp3) is 0.231. The van der Waals surface area contributed by atoms with E-state index in [4.69, 9.17) is 18.9 Å². The second kappa shape index (κ2) is 12.1. The SMILES string of the molecule is COc1ccc(/C=N\NC(=O)CN(c2ccc(OC)cc2OC)S(=O)(=O)c2ccc(C)cc2)c(OC)c1. The van der Waals surface area contributed by atoms with Crippen molar-refractivity contribution in [2.75, 3.05) is 39.3 Å². The zero-order valence-corrected chi connectivity index (χ0v) is 22.0. The molecule has 0 aliphatic rings. The Morgan fingerprint density at radius 3 is 2.05 bits per heavy atom. The highest BCUT2D eigenvalue weighted by atomic mass is 32.2. The Morgan fingerprint density at radius 1 is 0.865 bits per heavy atom. The number of hydrazone groups is 1. The lowest BCUT2D eigenvalue weighted by atomic mass is 10.2. The van der Waals surface area contributed by atoms with Gasteiger partial charge in [-0.05, 0) is 43.3 Å². The largest absolute Gasteiger partial charge is 0.497 e. The van der Waals surface area contributed by atoms with Crippen molar-refractivity contribution in [1.29, 1.82) is 0 Å². The van der Waals surface area contributed by atoms with Gasteiger partial charge in [0.15, 0.2) is 0 Å². The maximum absolute atomic E-state index is 13.6. The quantitative estimate of drug-likeness (QED) is 0.300. The van der Waals surface area contributed by atoms with Crippen LogP contribution < -0.4 is 28.7 Å². The van der Waals surface area contributed by atoms with Crippen LogP contribution in [0.25, 0.3) is 0 Å². The summed E-state index contributed by atoms with van der Waals surface area (Å²) in [5.41, 5.74) is 4.03. The molecule has 0 bridgehead atoms. The van der Waals surface area contributed by atoms with E-state index < -0.39 is 22.5 Å². The molecule has 3 rings (SSSR count). The lowest BCUT2D eigenvalue weighted by molar-refractivity contribution is -0.119. The summed E-state index contributed by atoms with van der Waals surface area (Å²) in [4.78, 5) is 12.9. The van der Waals surface area contributed by atoms with E-state index in [1.165, 1.54) is 52.9 Å². The number of benzene rings is 3. The van der Waals surface area contributed by atoms with Crippen LogP contribution in [0.1, 0.15) is 11.1 Å². The second-order valence-corrected chi connectivity index (χ2v) is 9.63. The average Bonchev–Trinajstić information content (AvgIpc) is 2.91. The van der Waals surface area contributed by atoms with E-state index in [1.54, 1.807) is 42.5 Å². The summed E-state index contributed by atoms with van der Waals surface area (Å²) in [6.45, 7) is 1.29. The van der Waals surface area contributed by atoms with Crippen molar-refractivity contribution in [3.05, 3.63) is 71.8 Å². The Hall–Kier alpha value is -4.25. The van der Waals surface area contributed by atoms with Crippen LogP contribution in [0.4, 0.5) is 5.69 Å². The van der Waals surface area contributed by atoms with Gasteiger partial charge >= 0.3 is 0 Å². The van der Waals surface area contributed by atoms with Crippen LogP contribution in [0.2, 0.25) is 0 Å². The van der Waals surface area contributed by atoms with Crippen LogP contribution in [-0.4, -0.2) is 55.5 Å². The molecule has 0 unspecified atom stereocenters. The first-order valence-corrected chi connectivity index (χ1v) is 12.5. The predicted octanol–water partition coefficient (Wildman–Crippen LogP) is 3.38. The van der Waals surface area contributed by atoms with Gasteiger partial charge in [-0.1, -0.05) is 17.7 Å². The third-order valence-electron chi connectivity index (χ3n) is 5.39. The van der Waals surface area contributed by atoms with Gasteiger partial charge in [0.05, 0.1) is 45.2 Å². The first-order chi connectivity index (χ1) is 17.7. The molecule has 1 N–H and O–H groups in total. The van der Waals surface area contributed by atoms with Crippen molar-refractivity contribution in [1.82, 2.24) is 5.43 Å². The van der Waals surface area contributed by atoms with Crippen LogP contribution in [0.15, 0.2) is 70.7 Å².